The molecule has 0 aromatic carbocycles. The number of hydrogen-bond acceptors (Lipinski definition) is 6. The van der Waals surface area contributed by atoms with Crippen LogP contribution in [0.5, 0.6) is 0 Å². The molecule has 0 aliphatic rings. The third-order valence-electron chi connectivity index (χ3n) is 2.33. The predicted octanol–water partition coefficient (Wildman–Crippen LogP) is 3.04. The first-order valence-corrected chi connectivity index (χ1v) is 7.48. The Morgan fingerprint density at radius 1 is 1.41 bits per heavy atom. The van der Waals surface area contributed by atoms with Gasteiger partial charge in [0.25, 0.3) is 0 Å². The second-order valence-electron chi connectivity index (χ2n) is 3.63. The molecule has 0 radical (unpaired) electrons. The molecule has 2 aromatic heterocycles. The van der Waals surface area contributed by atoms with Crippen molar-refractivity contribution in [1.82, 2.24) is 9.97 Å². The van der Waals surface area contributed by atoms with Crippen LogP contribution >= 0.6 is 23.1 Å². The Morgan fingerprint density at radius 2 is 2.24 bits per heavy atom. The zero-order valence-electron chi connectivity index (χ0n) is 9.99. The van der Waals surface area contributed by atoms with E-state index >= 15 is 0 Å². The normalized spacial score (nSPS) is 11.0. The van der Waals surface area contributed by atoms with E-state index in [-0.39, 0.29) is 0 Å². The molecule has 0 atom stereocenters. The number of thioether (sulfide) groups is 1. The Kier molecular flexibility index (Phi) is 4.20. The molecule has 17 heavy (non-hydrogen) atoms. The van der Waals surface area contributed by atoms with Crippen LogP contribution in [0.25, 0.3) is 10.2 Å². The molecular formula is C11H16N4S2. The van der Waals surface area contributed by atoms with E-state index in [4.69, 9.17) is 5.84 Å². The third kappa shape index (κ3) is 2.70. The molecule has 4 nitrogen and oxygen atoms in total. The summed E-state index contributed by atoms with van der Waals surface area (Å²) in [6.07, 6.45) is 2.16. The highest BCUT2D eigenvalue weighted by Gasteiger charge is 2.11. The number of nitrogens with zero attached hydrogens (tertiary/aromatic N) is 2. The van der Waals surface area contributed by atoms with Crippen LogP contribution in [0.2, 0.25) is 0 Å². The van der Waals surface area contributed by atoms with Crippen LogP contribution < -0.4 is 11.3 Å². The number of hydrazine groups is 1. The lowest BCUT2D eigenvalue weighted by atomic mass is 10.3. The van der Waals surface area contributed by atoms with E-state index in [2.05, 4.69) is 35.3 Å². The van der Waals surface area contributed by atoms with Gasteiger partial charge in [0.1, 0.15) is 9.86 Å². The Labute approximate surface area is 109 Å². The Bertz CT molecular complexity index is 509. The van der Waals surface area contributed by atoms with Crippen molar-refractivity contribution < 1.29 is 0 Å². The molecule has 0 fully saturated rings. The highest BCUT2D eigenvalue weighted by molar-refractivity contribution is 7.99. The standard InChI is InChI=1S/C11H16N4S2/c1-3-5-16-9-8-6-7(4-2)17-10(8)14-11(13-9)15-12/h6H,3-5,12H2,1-2H3,(H,13,14,15). The van der Waals surface area contributed by atoms with Gasteiger partial charge in [-0.3, -0.25) is 5.43 Å². The van der Waals surface area contributed by atoms with Crippen molar-refractivity contribution in [2.24, 2.45) is 5.84 Å². The maximum absolute atomic E-state index is 5.40. The number of rotatable bonds is 5. The summed E-state index contributed by atoms with van der Waals surface area (Å²) < 4.78 is 0. The van der Waals surface area contributed by atoms with Gasteiger partial charge in [-0.25, -0.2) is 15.8 Å². The lowest BCUT2D eigenvalue weighted by molar-refractivity contribution is 1.06. The van der Waals surface area contributed by atoms with E-state index in [1.807, 2.05) is 0 Å². The molecule has 2 heterocycles. The van der Waals surface area contributed by atoms with Crippen LogP contribution in [0.15, 0.2) is 11.1 Å². The maximum Gasteiger partial charge on any atom is 0.239 e. The van der Waals surface area contributed by atoms with Gasteiger partial charge in [0.05, 0.1) is 0 Å². The largest absolute Gasteiger partial charge is 0.292 e. The topological polar surface area (TPSA) is 63.8 Å². The average molecular weight is 268 g/mol. The van der Waals surface area contributed by atoms with Gasteiger partial charge in [0.2, 0.25) is 5.95 Å². The van der Waals surface area contributed by atoms with Crippen LogP contribution in [0.4, 0.5) is 5.95 Å². The van der Waals surface area contributed by atoms with Crippen molar-refractivity contribution in [3.05, 3.63) is 10.9 Å². The Morgan fingerprint density at radius 3 is 2.88 bits per heavy atom. The minimum Gasteiger partial charge on any atom is -0.292 e. The van der Waals surface area contributed by atoms with Crippen LogP contribution in [0, 0.1) is 0 Å². The predicted molar refractivity (Wildman–Crippen MR) is 75.6 cm³/mol. The van der Waals surface area contributed by atoms with Crippen molar-refractivity contribution in [2.75, 3.05) is 11.2 Å². The van der Waals surface area contributed by atoms with Crippen LogP contribution in [0.1, 0.15) is 25.1 Å². The third-order valence-corrected chi connectivity index (χ3v) is 4.70. The summed E-state index contributed by atoms with van der Waals surface area (Å²) in [6.45, 7) is 4.32. The minimum atomic E-state index is 0.501. The molecule has 2 rings (SSSR count). The van der Waals surface area contributed by atoms with E-state index < -0.39 is 0 Å². The Balaban J connectivity index is 2.48. The van der Waals surface area contributed by atoms with Gasteiger partial charge in [0, 0.05) is 10.3 Å². The van der Waals surface area contributed by atoms with Crippen LogP contribution in [-0.4, -0.2) is 15.7 Å². The lowest BCUT2D eigenvalue weighted by Gasteiger charge is -2.03. The zero-order chi connectivity index (χ0) is 12.3. The summed E-state index contributed by atoms with van der Waals surface area (Å²) in [5, 5.41) is 2.19. The molecule has 0 aliphatic carbocycles. The van der Waals surface area contributed by atoms with Crippen molar-refractivity contribution >= 4 is 39.3 Å². The summed E-state index contributed by atoms with van der Waals surface area (Å²) in [7, 11) is 0. The second-order valence-corrected chi connectivity index (χ2v) is 5.83. The number of aryl methyl sites for hydroxylation is 1. The van der Waals surface area contributed by atoms with Crippen molar-refractivity contribution in [2.45, 2.75) is 31.7 Å². The first-order valence-electron chi connectivity index (χ1n) is 5.68. The SMILES string of the molecule is CCCSc1nc(NN)nc2sc(CC)cc12. The molecule has 0 saturated carbocycles. The molecule has 3 N–H and O–H groups in total. The molecule has 0 aliphatic heterocycles. The van der Waals surface area contributed by atoms with Gasteiger partial charge >= 0.3 is 0 Å². The molecule has 0 spiro atoms. The number of thiophene rings is 1. The molecule has 0 amide bonds. The molecule has 0 bridgehead atoms. The summed E-state index contributed by atoms with van der Waals surface area (Å²) >= 11 is 3.48. The Hall–Kier alpha value is -0.850. The van der Waals surface area contributed by atoms with E-state index in [0.29, 0.717) is 5.95 Å². The highest BCUT2D eigenvalue weighted by atomic mass is 32.2. The van der Waals surface area contributed by atoms with Crippen molar-refractivity contribution in [3.63, 3.8) is 0 Å². The second kappa shape index (κ2) is 5.66. The van der Waals surface area contributed by atoms with Gasteiger partial charge in [-0.2, -0.15) is 0 Å². The minimum absolute atomic E-state index is 0.501. The highest BCUT2D eigenvalue weighted by Crippen LogP contribution is 2.32. The number of aromatic nitrogens is 2. The van der Waals surface area contributed by atoms with E-state index in [1.54, 1.807) is 23.1 Å². The first-order chi connectivity index (χ1) is 8.28. The summed E-state index contributed by atoms with van der Waals surface area (Å²) in [4.78, 5) is 11.2. The molecule has 2 aromatic rings. The number of anilines is 1. The monoisotopic (exact) mass is 268 g/mol. The summed E-state index contributed by atoms with van der Waals surface area (Å²) in [6, 6.07) is 2.19. The number of hydrogen-bond donors (Lipinski definition) is 2. The van der Waals surface area contributed by atoms with E-state index in [9.17, 15) is 0 Å². The fourth-order valence-corrected chi connectivity index (χ4v) is 3.38. The fraction of sp³-hybridized carbons (Fsp3) is 0.455. The smallest absolute Gasteiger partial charge is 0.239 e. The van der Waals surface area contributed by atoms with Gasteiger partial charge in [-0.1, -0.05) is 13.8 Å². The molecule has 92 valence electrons. The first kappa shape index (κ1) is 12.6. The number of fused-ring (bicyclic) bond motifs is 1. The zero-order valence-corrected chi connectivity index (χ0v) is 11.6. The number of nitrogen functional groups attached to an aromatic ring is 1. The fourth-order valence-electron chi connectivity index (χ4n) is 1.49. The lowest BCUT2D eigenvalue weighted by Crippen LogP contribution is -2.10. The summed E-state index contributed by atoms with van der Waals surface area (Å²) in [5.41, 5.74) is 2.53. The van der Waals surface area contributed by atoms with Gasteiger partial charge in [-0.15, -0.1) is 23.1 Å². The number of nitrogens with one attached hydrogen (secondary N) is 1. The molecule has 0 unspecified atom stereocenters. The van der Waals surface area contributed by atoms with Gasteiger partial charge in [0.15, 0.2) is 0 Å². The van der Waals surface area contributed by atoms with Crippen LogP contribution in [-0.2, 0) is 6.42 Å². The van der Waals surface area contributed by atoms with Crippen LogP contribution in [0.3, 0.4) is 0 Å². The summed E-state index contributed by atoms with van der Waals surface area (Å²) in [5.74, 6) is 6.96. The molecule has 6 heteroatoms. The van der Waals surface area contributed by atoms with Gasteiger partial charge in [-0.05, 0) is 24.7 Å². The maximum atomic E-state index is 5.40. The quantitative estimate of drug-likeness (QED) is 0.378. The van der Waals surface area contributed by atoms with E-state index in [0.717, 1.165) is 33.8 Å². The van der Waals surface area contributed by atoms with E-state index in [1.165, 1.54) is 4.88 Å². The van der Waals surface area contributed by atoms with Crippen molar-refractivity contribution in [1.29, 1.82) is 0 Å². The van der Waals surface area contributed by atoms with Gasteiger partial charge < -0.3 is 0 Å². The molecular weight excluding hydrogens is 252 g/mol. The molecule has 0 saturated heterocycles. The number of nitrogens with two attached hydrogens (primary N) is 1. The van der Waals surface area contributed by atoms with Crippen molar-refractivity contribution in [3.8, 4) is 0 Å². The average Bonchev–Trinajstić information content (AvgIpc) is 2.78.